The van der Waals surface area contributed by atoms with Gasteiger partial charge < -0.3 is 10.2 Å². The summed E-state index contributed by atoms with van der Waals surface area (Å²) >= 11 is 1.81. The van der Waals surface area contributed by atoms with Crippen molar-refractivity contribution in [2.75, 3.05) is 11.4 Å². The lowest BCUT2D eigenvalue weighted by Gasteiger charge is -2.29. The second-order valence-corrected chi connectivity index (χ2v) is 6.50. The zero-order valence-corrected chi connectivity index (χ0v) is 14.0. The van der Waals surface area contributed by atoms with Crippen molar-refractivity contribution >= 4 is 17.2 Å². The first-order valence-electron chi connectivity index (χ1n) is 7.66. The molecule has 2 rings (SSSR count). The van der Waals surface area contributed by atoms with Gasteiger partial charge in [-0.3, -0.25) is 0 Å². The van der Waals surface area contributed by atoms with E-state index in [2.05, 4.69) is 59.6 Å². The Morgan fingerprint density at radius 3 is 2.81 bits per heavy atom. The highest BCUT2D eigenvalue weighted by atomic mass is 32.1. The second-order valence-electron chi connectivity index (χ2n) is 5.46. The van der Waals surface area contributed by atoms with Gasteiger partial charge in [0.2, 0.25) is 0 Å². The Labute approximate surface area is 132 Å². The van der Waals surface area contributed by atoms with Crippen LogP contribution in [0, 0.1) is 0 Å². The summed E-state index contributed by atoms with van der Waals surface area (Å²) in [5, 5.41) is 5.62. The van der Waals surface area contributed by atoms with Crippen molar-refractivity contribution in [2.45, 2.75) is 46.3 Å². The zero-order chi connectivity index (χ0) is 15.1. The molecule has 2 aromatic heterocycles. The lowest BCUT2D eigenvalue weighted by Crippen LogP contribution is -2.32. The fraction of sp³-hybridized carbons (Fsp3) is 0.471. The minimum atomic E-state index is 0.423. The molecule has 21 heavy (non-hydrogen) atoms. The van der Waals surface area contributed by atoms with Crippen molar-refractivity contribution in [2.24, 2.45) is 0 Å². The molecule has 1 N–H and O–H groups in total. The van der Waals surface area contributed by atoms with Gasteiger partial charge in [-0.1, -0.05) is 19.1 Å². The lowest BCUT2D eigenvalue weighted by molar-refractivity contribution is 0.647. The maximum absolute atomic E-state index is 4.65. The van der Waals surface area contributed by atoms with Gasteiger partial charge in [0.05, 0.1) is 6.54 Å². The number of hydrogen-bond acceptors (Lipinski definition) is 4. The van der Waals surface area contributed by atoms with E-state index >= 15 is 0 Å². The molecule has 0 unspecified atom stereocenters. The molecule has 4 heteroatoms. The summed E-state index contributed by atoms with van der Waals surface area (Å²) in [6, 6.07) is 8.93. The zero-order valence-electron chi connectivity index (χ0n) is 13.2. The lowest BCUT2D eigenvalue weighted by atomic mass is 10.2. The Bertz CT molecular complexity index is 523. The predicted octanol–water partition coefficient (Wildman–Crippen LogP) is 4.06. The van der Waals surface area contributed by atoms with E-state index in [4.69, 9.17) is 0 Å². The van der Waals surface area contributed by atoms with Gasteiger partial charge in [0, 0.05) is 29.2 Å². The summed E-state index contributed by atoms with van der Waals surface area (Å²) in [5.74, 6) is 1.10. The summed E-state index contributed by atoms with van der Waals surface area (Å²) in [7, 11) is 0. The van der Waals surface area contributed by atoms with E-state index in [1.54, 1.807) is 11.3 Å². The average Bonchev–Trinajstić information content (AvgIpc) is 2.98. The van der Waals surface area contributed by atoms with Gasteiger partial charge in [-0.15, -0.1) is 11.3 Å². The summed E-state index contributed by atoms with van der Waals surface area (Å²) in [6.07, 6.45) is 3.04. The number of pyridine rings is 1. The quantitative estimate of drug-likeness (QED) is 0.745. The third kappa shape index (κ3) is 4.55. The van der Waals surface area contributed by atoms with E-state index in [9.17, 15) is 0 Å². The van der Waals surface area contributed by atoms with Crippen LogP contribution in [0.3, 0.4) is 0 Å². The third-order valence-electron chi connectivity index (χ3n) is 3.41. The van der Waals surface area contributed by atoms with Crippen LogP contribution in [0.15, 0.2) is 35.8 Å². The highest BCUT2D eigenvalue weighted by Crippen LogP contribution is 2.23. The van der Waals surface area contributed by atoms with Crippen LogP contribution in [-0.2, 0) is 13.1 Å². The molecule has 2 heterocycles. The van der Waals surface area contributed by atoms with Crippen LogP contribution in [0.2, 0.25) is 0 Å². The number of anilines is 1. The summed E-state index contributed by atoms with van der Waals surface area (Å²) < 4.78 is 0. The molecule has 3 nitrogen and oxygen atoms in total. The van der Waals surface area contributed by atoms with Crippen molar-refractivity contribution in [1.82, 2.24) is 10.3 Å². The number of aromatic nitrogens is 1. The molecule has 0 amide bonds. The van der Waals surface area contributed by atoms with Crippen molar-refractivity contribution < 1.29 is 0 Å². The molecular weight excluding hydrogens is 278 g/mol. The van der Waals surface area contributed by atoms with E-state index in [1.165, 1.54) is 10.4 Å². The highest BCUT2D eigenvalue weighted by molar-refractivity contribution is 7.09. The third-order valence-corrected chi connectivity index (χ3v) is 4.27. The second kappa shape index (κ2) is 8.15. The van der Waals surface area contributed by atoms with Crippen LogP contribution >= 0.6 is 11.3 Å². The van der Waals surface area contributed by atoms with Crippen molar-refractivity contribution in [3.8, 4) is 0 Å². The summed E-state index contributed by atoms with van der Waals surface area (Å²) in [6.45, 7) is 9.49. The van der Waals surface area contributed by atoms with Crippen LogP contribution in [0.5, 0.6) is 0 Å². The molecule has 2 aromatic rings. The Hall–Kier alpha value is -1.39. The monoisotopic (exact) mass is 303 g/mol. The van der Waals surface area contributed by atoms with E-state index in [1.807, 2.05) is 12.3 Å². The van der Waals surface area contributed by atoms with Crippen LogP contribution in [0.25, 0.3) is 0 Å². The van der Waals surface area contributed by atoms with Gasteiger partial charge in [-0.05, 0) is 44.3 Å². The molecular formula is C17H25N3S. The van der Waals surface area contributed by atoms with Crippen LogP contribution in [0.4, 0.5) is 5.82 Å². The highest BCUT2D eigenvalue weighted by Gasteiger charge is 2.16. The molecule has 0 aromatic carbocycles. The van der Waals surface area contributed by atoms with Gasteiger partial charge in [-0.25, -0.2) is 4.98 Å². The Kier molecular flexibility index (Phi) is 6.21. The fourth-order valence-corrected chi connectivity index (χ4v) is 3.00. The van der Waals surface area contributed by atoms with Crippen molar-refractivity contribution in [3.63, 3.8) is 0 Å². The van der Waals surface area contributed by atoms with Gasteiger partial charge in [-0.2, -0.15) is 0 Å². The first kappa shape index (κ1) is 16.0. The molecule has 0 aliphatic rings. The standard InChI is InChI=1S/C17H25N3S/c1-4-9-18-12-15-7-5-10-19-17(15)20(14(2)3)13-16-8-6-11-21-16/h5-8,10-11,14,18H,4,9,12-13H2,1-3H3. The maximum Gasteiger partial charge on any atom is 0.133 e. The molecule has 114 valence electrons. The Morgan fingerprint density at radius 2 is 2.14 bits per heavy atom. The number of hydrogen-bond donors (Lipinski definition) is 1. The molecule has 0 aliphatic heterocycles. The first-order chi connectivity index (χ1) is 10.2. The number of nitrogens with zero attached hydrogens (tertiary/aromatic N) is 2. The molecule has 0 saturated heterocycles. The van der Waals surface area contributed by atoms with Crippen LogP contribution in [0.1, 0.15) is 37.6 Å². The van der Waals surface area contributed by atoms with Gasteiger partial charge >= 0.3 is 0 Å². The first-order valence-corrected chi connectivity index (χ1v) is 8.54. The van der Waals surface area contributed by atoms with Gasteiger partial charge in [0.1, 0.15) is 5.82 Å². The molecule has 0 atom stereocenters. The number of nitrogens with one attached hydrogen (secondary N) is 1. The fourth-order valence-electron chi connectivity index (χ4n) is 2.30. The average molecular weight is 303 g/mol. The smallest absolute Gasteiger partial charge is 0.133 e. The molecule has 0 spiro atoms. The van der Waals surface area contributed by atoms with Crippen LogP contribution < -0.4 is 10.2 Å². The SMILES string of the molecule is CCCNCc1cccnc1N(Cc1cccs1)C(C)C. The van der Waals surface area contributed by atoms with Crippen molar-refractivity contribution in [3.05, 3.63) is 46.3 Å². The van der Waals surface area contributed by atoms with E-state index in [0.717, 1.165) is 31.9 Å². The summed E-state index contributed by atoms with van der Waals surface area (Å²) in [4.78, 5) is 8.41. The predicted molar refractivity (Wildman–Crippen MR) is 91.9 cm³/mol. The van der Waals surface area contributed by atoms with Crippen molar-refractivity contribution in [1.29, 1.82) is 0 Å². The van der Waals surface area contributed by atoms with E-state index < -0.39 is 0 Å². The number of thiophene rings is 1. The molecule has 0 fully saturated rings. The van der Waals surface area contributed by atoms with Gasteiger partial charge in [0.15, 0.2) is 0 Å². The molecule has 0 bridgehead atoms. The van der Waals surface area contributed by atoms with Gasteiger partial charge in [0.25, 0.3) is 0 Å². The topological polar surface area (TPSA) is 28.2 Å². The van der Waals surface area contributed by atoms with E-state index in [-0.39, 0.29) is 0 Å². The largest absolute Gasteiger partial charge is 0.349 e. The van der Waals surface area contributed by atoms with Crippen LogP contribution in [-0.4, -0.2) is 17.6 Å². The minimum absolute atomic E-state index is 0.423. The normalized spacial score (nSPS) is 11.0. The Balaban J connectivity index is 2.19. The molecule has 0 saturated carbocycles. The van der Waals surface area contributed by atoms with E-state index in [0.29, 0.717) is 6.04 Å². The summed E-state index contributed by atoms with van der Waals surface area (Å²) in [5.41, 5.74) is 1.27. The molecule has 0 radical (unpaired) electrons. The maximum atomic E-state index is 4.65. The number of rotatable bonds is 8. The molecule has 0 aliphatic carbocycles. The minimum Gasteiger partial charge on any atom is -0.349 e. The Morgan fingerprint density at radius 1 is 1.29 bits per heavy atom.